The van der Waals surface area contributed by atoms with E-state index in [0.29, 0.717) is 0 Å². The predicted octanol–water partition coefficient (Wildman–Crippen LogP) is 9.54. The van der Waals surface area contributed by atoms with Gasteiger partial charge in [0.2, 0.25) is 0 Å². The lowest BCUT2D eigenvalue weighted by Crippen LogP contribution is -2.10. The summed E-state index contributed by atoms with van der Waals surface area (Å²) < 4.78 is 2.00. The smallest absolute Gasteiger partial charge is 0.146 e. The Morgan fingerprint density at radius 3 is 1.37 bits per heavy atom. The van der Waals surface area contributed by atoms with Crippen LogP contribution in [-0.2, 0) is 0 Å². The molecule has 2 aromatic heterocycles. The molecule has 0 amide bonds. The summed E-state index contributed by atoms with van der Waals surface area (Å²) >= 11 is 3.52. The van der Waals surface area contributed by atoms with Crippen molar-refractivity contribution < 1.29 is 0 Å². The van der Waals surface area contributed by atoms with Crippen molar-refractivity contribution >= 4 is 45.6 Å². The molecule has 46 heavy (non-hydrogen) atoms. The van der Waals surface area contributed by atoms with E-state index in [1.807, 2.05) is 76.2 Å². The Morgan fingerprint density at radius 1 is 0.413 bits per heavy atom. The second-order valence-electron chi connectivity index (χ2n) is 10.4. The Morgan fingerprint density at radius 2 is 0.826 bits per heavy atom. The number of hydrogen-bond acceptors (Lipinski definition) is 6. The van der Waals surface area contributed by atoms with E-state index >= 15 is 0 Å². The van der Waals surface area contributed by atoms with Gasteiger partial charge < -0.3 is 0 Å². The molecule has 8 aromatic rings. The van der Waals surface area contributed by atoms with Gasteiger partial charge in [-0.3, -0.25) is 0 Å². The van der Waals surface area contributed by atoms with Crippen molar-refractivity contribution in [3.8, 4) is 0 Å². The number of benzene rings is 6. The molecular weight excluding hydrogens is 605 g/mol. The molecule has 224 valence electrons. The standard InChI is InChI=1S/2C19H15N3S/c1-3-9-15(10-4-1)19(23-16-11-5-2-6-12-16)22-18-14-8-7-13-17(18)20-21-22;1-3-9-15(10-4-1)19(23-16-11-5-2-6-12-16)22-20-17-13-7-8-14-18(17)21-22/h2*1-14,19H. The van der Waals surface area contributed by atoms with Crippen LogP contribution in [0.2, 0.25) is 0 Å². The number of thioether (sulfide) groups is 2. The quantitative estimate of drug-likeness (QED) is 0.155. The second-order valence-corrected chi connectivity index (χ2v) is 12.7. The number of hydrogen-bond donors (Lipinski definition) is 0. The lowest BCUT2D eigenvalue weighted by molar-refractivity contribution is 0.587. The van der Waals surface area contributed by atoms with Gasteiger partial charge in [-0.05, 0) is 59.7 Å². The highest BCUT2D eigenvalue weighted by atomic mass is 32.2. The normalized spacial score (nSPS) is 12.3. The maximum atomic E-state index is 4.67. The van der Waals surface area contributed by atoms with Crippen LogP contribution in [0.15, 0.2) is 180 Å². The summed E-state index contributed by atoms with van der Waals surface area (Å²) in [7, 11) is 0. The van der Waals surface area contributed by atoms with Gasteiger partial charge in [-0.2, -0.15) is 15.0 Å². The van der Waals surface area contributed by atoms with Crippen molar-refractivity contribution in [2.75, 3.05) is 0 Å². The third kappa shape index (κ3) is 6.88. The number of para-hydroxylation sites is 1. The Balaban J connectivity index is 0.000000147. The van der Waals surface area contributed by atoms with E-state index in [-0.39, 0.29) is 10.7 Å². The Bertz CT molecular complexity index is 2080. The third-order valence-corrected chi connectivity index (χ3v) is 9.73. The zero-order chi connectivity index (χ0) is 31.0. The summed E-state index contributed by atoms with van der Waals surface area (Å²) in [5, 5.41) is 18.1. The molecule has 0 aliphatic carbocycles. The van der Waals surface area contributed by atoms with E-state index in [2.05, 4.69) is 124 Å². The molecule has 0 aliphatic rings. The van der Waals surface area contributed by atoms with Crippen LogP contribution in [0, 0.1) is 0 Å². The maximum Gasteiger partial charge on any atom is 0.146 e. The molecular formula is C38H30N6S2. The molecule has 6 nitrogen and oxygen atoms in total. The third-order valence-electron chi connectivity index (χ3n) is 7.26. The van der Waals surface area contributed by atoms with Crippen LogP contribution in [0.4, 0.5) is 0 Å². The average Bonchev–Trinajstić information content (AvgIpc) is 3.76. The van der Waals surface area contributed by atoms with Crippen LogP contribution in [-0.4, -0.2) is 30.0 Å². The van der Waals surface area contributed by atoms with Crippen molar-refractivity contribution in [1.29, 1.82) is 0 Å². The Labute approximate surface area is 276 Å². The summed E-state index contributed by atoms with van der Waals surface area (Å²) in [6.07, 6.45) is 0. The topological polar surface area (TPSA) is 61.4 Å². The summed E-state index contributed by atoms with van der Waals surface area (Å²) in [5.74, 6) is 0. The van der Waals surface area contributed by atoms with Gasteiger partial charge in [0, 0.05) is 9.79 Å². The largest absolute Gasteiger partial charge is 0.227 e. The number of fused-ring (bicyclic) bond motifs is 2. The highest BCUT2D eigenvalue weighted by Gasteiger charge is 2.20. The van der Waals surface area contributed by atoms with Gasteiger partial charge >= 0.3 is 0 Å². The van der Waals surface area contributed by atoms with Crippen molar-refractivity contribution in [2.45, 2.75) is 20.5 Å². The zero-order valence-corrected chi connectivity index (χ0v) is 26.5. The van der Waals surface area contributed by atoms with Crippen molar-refractivity contribution in [3.05, 3.63) is 181 Å². The SMILES string of the molecule is c1ccc(SC(c2ccccc2)n2nc3ccccc3n2)cc1.c1ccc(SC(c2ccccc2)n2nnc3ccccc32)cc1. The molecule has 0 spiro atoms. The molecule has 8 rings (SSSR count). The molecule has 0 fully saturated rings. The van der Waals surface area contributed by atoms with Crippen LogP contribution >= 0.6 is 23.5 Å². The van der Waals surface area contributed by atoms with Gasteiger partial charge in [-0.15, -0.1) is 5.10 Å². The molecule has 0 N–H and O–H groups in total. The van der Waals surface area contributed by atoms with Gasteiger partial charge in [0.05, 0.1) is 5.52 Å². The maximum absolute atomic E-state index is 4.67. The first-order chi connectivity index (χ1) is 22.8. The molecule has 2 unspecified atom stereocenters. The van der Waals surface area contributed by atoms with E-state index in [1.54, 1.807) is 23.5 Å². The average molecular weight is 635 g/mol. The monoisotopic (exact) mass is 634 g/mol. The molecule has 0 saturated heterocycles. The van der Waals surface area contributed by atoms with Crippen molar-refractivity contribution in [1.82, 2.24) is 30.0 Å². The van der Waals surface area contributed by atoms with E-state index < -0.39 is 0 Å². The molecule has 2 heterocycles. The summed E-state index contributed by atoms with van der Waals surface area (Å²) in [6, 6.07) is 57.6. The lowest BCUT2D eigenvalue weighted by atomic mass is 10.2. The van der Waals surface area contributed by atoms with Gasteiger partial charge in [-0.25, -0.2) is 4.68 Å². The van der Waals surface area contributed by atoms with Gasteiger partial charge in [-0.1, -0.05) is 150 Å². The lowest BCUT2D eigenvalue weighted by Gasteiger charge is -2.18. The number of rotatable bonds is 8. The molecule has 0 bridgehead atoms. The Hall–Kier alpha value is -5.18. The van der Waals surface area contributed by atoms with Gasteiger partial charge in [0.25, 0.3) is 0 Å². The minimum absolute atomic E-state index is 0.00556. The zero-order valence-electron chi connectivity index (χ0n) is 24.8. The summed E-state index contributed by atoms with van der Waals surface area (Å²) in [6.45, 7) is 0. The van der Waals surface area contributed by atoms with Crippen molar-refractivity contribution in [2.24, 2.45) is 0 Å². The number of aromatic nitrogens is 6. The predicted molar refractivity (Wildman–Crippen MR) is 189 cm³/mol. The van der Waals surface area contributed by atoms with Crippen LogP contribution in [0.3, 0.4) is 0 Å². The van der Waals surface area contributed by atoms with E-state index in [9.17, 15) is 0 Å². The molecule has 0 radical (unpaired) electrons. The van der Waals surface area contributed by atoms with Crippen LogP contribution < -0.4 is 0 Å². The first kappa shape index (κ1) is 29.5. The fraction of sp³-hybridized carbons (Fsp3) is 0.0526. The van der Waals surface area contributed by atoms with Crippen LogP contribution in [0.1, 0.15) is 21.9 Å². The van der Waals surface area contributed by atoms with E-state index in [0.717, 1.165) is 22.1 Å². The molecule has 0 aliphatic heterocycles. The molecule has 8 heteroatoms. The van der Waals surface area contributed by atoms with E-state index in [1.165, 1.54) is 20.9 Å². The van der Waals surface area contributed by atoms with Gasteiger partial charge in [0.1, 0.15) is 27.3 Å². The fourth-order valence-corrected chi connectivity index (χ4v) is 7.22. The fourth-order valence-electron chi connectivity index (χ4n) is 5.04. The second kappa shape index (κ2) is 14.3. The van der Waals surface area contributed by atoms with Crippen LogP contribution in [0.25, 0.3) is 22.1 Å². The Kier molecular flexibility index (Phi) is 9.17. The highest BCUT2D eigenvalue weighted by molar-refractivity contribution is 7.99. The van der Waals surface area contributed by atoms with Crippen LogP contribution in [0.5, 0.6) is 0 Å². The first-order valence-electron chi connectivity index (χ1n) is 15.0. The molecule has 0 saturated carbocycles. The van der Waals surface area contributed by atoms with Gasteiger partial charge in [0.15, 0.2) is 0 Å². The summed E-state index contributed by atoms with van der Waals surface area (Å²) in [5.41, 5.74) is 6.19. The molecule has 6 aromatic carbocycles. The summed E-state index contributed by atoms with van der Waals surface area (Å²) in [4.78, 5) is 4.22. The first-order valence-corrected chi connectivity index (χ1v) is 16.7. The number of nitrogens with zero attached hydrogens (tertiary/aromatic N) is 6. The minimum Gasteiger partial charge on any atom is -0.227 e. The highest BCUT2D eigenvalue weighted by Crippen LogP contribution is 2.38. The molecule has 2 atom stereocenters. The van der Waals surface area contributed by atoms with E-state index in [4.69, 9.17) is 0 Å². The minimum atomic E-state index is 0.00556. The van der Waals surface area contributed by atoms with Crippen molar-refractivity contribution in [3.63, 3.8) is 0 Å².